The van der Waals surface area contributed by atoms with Gasteiger partial charge in [-0.3, -0.25) is 0 Å². The second kappa shape index (κ2) is 8.53. The van der Waals surface area contributed by atoms with Crippen LogP contribution in [0.2, 0.25) is 0 Å². The van der Waals surface area contributed by atoms with Crippen molar-refractivity contribution >= 4 is 28.2 Å². The number of hydrogen-bond acceptors (Lipinski definition) is 8. The Bertz CT molecular complexity index is 1570. The third kappa shape index (κ3) is 3.91. The highest BCUT2D eigenvalue weighted by atomic mass is 16.5. The molecule has 9 heteroatoms. The fourth-order valence-corrected chi connectivity index (χ4v) is 5.54. The number of nitrogens with zero attached hydrogens (tertiary/aromatic N) is 6. The van der Waals surface area contributed by atoms with Crippen LogP contribution in [-0.4, -0.2) is 41.6 Å². The molecular weight excluding hydrogens is 452 g/mol. The molecule has 36 heavy (non-hydrogen) atoms. The number of ether oxygens (including phenoxy) is 1. The highest BCUT2D eigenvalue weighted by molar-refractivity contribution is 5.87. The molecule has 4 aromatic heterocycles. The number of pyridine rings is 2. The molecule has 9 nitrogen and oxygen atoms in total. The first kappa shape index (κ1) is 21.2. The van der Waals surface area contributed by atoms with Crippen molar-refractivity contribution in [1.29, 1.82) is 0 Å². The maximum absolute atomic E-state index is 6.12. The normalized spacial score (nSPS) is 21.2. The van der Waals surface area contributed by atoms with E-state index in [0.29, 0.717) is 29.6 Å². The Morgan fingerprint density at radius 3 is 2.72 bits per heavy atom. The quantitative estimate of drug-likeness (QED) is 0.367. The minimum Gasteiger partial charge on any atom is -0.457 e. The van der Waals surface area contributed by atoms with Crippen LogP contribution >= 0.6 is 0 Å². The van der Waals surface area contributed by atoms with E-state index in [4.69, 9.17) is 9.72 Å². The smallest absolute Gasteiger partial charge is 0.160 e. The van der Waals surface area contributed by atoms with Crippen LogP contribution in [0.5, 0.6) is 11.5 Å². The van der Waals surface area contributed by atoms with Crippen molar-refractivity contribution in [3.05, 3.63) is 72.6 Å². The predicted molar refractivity (Wildman–Crippen MR) is 137 cm³/mol. The number of fused-ring (bicyclic) bond motifs is 4. The van der Waals surface area contributed by atoms with Gasteiger partial charge in [0, 0.05) is 41.6 Å². The number of nitrogens with one attached hydrogen (secondary N) is 2. The summed E-state index contributed by atoms with van der Waals surface area (Å²) in [7, 11) is 0. The predicted octanol–water partition coefficient (Wildman–Crippen LogP) is 4.91. The zero-order chi connectivity index (χ0) is 24.1. The number of benzene rings is 1. The topological polar surface area (TPSA) is 102 Å². The summed E-state index contributed by atoms with van der Waals surface area (Å²) in [5.74, 6) is 2.68. The fraction of sp³-hybridized carbons (Fsp3) is 0.296. The fourth-order valence-electron chi connectivity index (χ4n) is 5.54. The summed E-state index contributed by atoms with van der Waals surface area (Å²) in [6, 6.07) is 15.2. The number of rotatable bonds is 5. The molecular formula is C27H26N8O. The summed E-state index contributed by atoms with van der Waals surface area (Å²) < 4.78 is 7.82. The maximum atomic E-state index is 6.12. The molecule has 2 aliphatic rings. The van der Waals surface area contributed by atoms with Crippen LogP contribution in [0.3, 0.4) is 0 Å². The zero-order valence-corrected chi connectivity index (χ0v) is 19.9. The largest absolute Gasteiger partial charge is 0.457 e. The van der Waals surface area contributed by atoms with Gasteiger partial charge in [0.05, 0.1) is 5.52 Å². The van der Waals surface area contributed by atoms with Gasteiger partial charge in [-0.15, -0.1) is 0 Å². The number of anilines is 2. The Kier molecular flexibility index (Phi) is 5.02. The molecule has 0 amide bonds. The van der Waals surface area contributed by atoms with E-state index >= 15 is 0 Å². The monoisotopic (exact) mass is 478 g/mol. The van der Waals surface area contributed by atoms with Gasteiger partial charge >= 0.3 is 0 Å². The van der Waals surface area contributed by atoms with E-state index in [1.54, 1.807) is 10.8 Å². The minimum absolute atomic E-state index is 0.483. The van der Waals surface area contributed by atoms with E-state index in [1.165, 1.54) is 19.2 Å². The molecule has 2 bridgehead atoms. The molecule has 180 valence electrons. The van der Waals surface area contributed by atoms with Crippen LogP contribution < -0.4 is 15.4 Å². The van der Waals surface area contributed by atoms with Crippen LogP contribution in [0.1, 0.15) is 42.9 Å². The summed E-state index contributed by atoms with van der Waals surface area (Å²) in [5.41, 5.74) is 5.44. The first-order valence-electron chi connectivity index (χ1n) is 12.4. The van der Waals surface area contributed by atoms with E-state index in [-0.39, 0.29) is 0 Å². The Morgan fingerprint density at radius 2 is 1.86 bits per heavy atom. The van der Waals surface area contributed by atoms with Crippen molar-refractivity contribution in [2.75, 3.05) is 5.32 Å². The molecule has 0 radical (unpaired) electrons. The van der Waals surface area contributed by atoms with Crippen molar-refractivity contribution in [3.63, 3.8) is 0 Å². The number of aryl methyl sites for hydroxylation is 1. The van der Waals surface area contributed by atoms with Gasteiger partial charge in [-0.2, -0.15) is 5.10 Å². The van der Waals surface area contributed by atoms with Crippen molar-refractivity contribution < 1.29 is 4.74 Å². The van der Waals surface area contributed by atoms with Crippen molar-refractivity contribution in [2.24, 2.45) is 0 Å². The van der Waals surface area contributed by atoms with Crippen molar-refractivity contribution in [3.8, 4) is 11.5 Å². The molecule has 0 spiro atoms. The van der Waals surface area contributed by atoms with E-state index in [0.717, 1.165) is 52.2 Å². The maximum Gasteiger partial charge on any atom is 0.160 e. The first-order valence-corrected chi connectivity index (χ1v) is 12.4. The molecule has 2 fully saturated rings. The third-order valence-corrected chi connectivity index (χ3v) is 7.31. The summed E-state index contributed by atoms with van der Waals surface area (Å²) in [4.78, 5) is 18.3. The summed E-state index contributed by atoms with van der Waals surface area (Å²) in [6.07, 6.45) is 9.79. The van der Waals surface area contributed by atoms with Gasteiger partial charge in [-0.1, -0.05) is 0 Å². The van der Waals surface area contributed by atoms with Crippen molar-refractivity contribution in [1.82, 2.24) is 34.9 Å². The van der Waals surface area contributed by atoms with Gasteiger partial charge in [-0.25, -0.2) is 24.5 Å². The number of piperidine rings is 1. The molecule has 6 heterocycles. The Hall–Kier alpha value is -4.11. The lowest BCUT2D eigenvalue weighted by atomic mass is 9.89. The molecule has 2 aliphatic heterocycles. The van der Waals surface area contributed by atoms with Crippen molar-refractivity contribution in [2.45, 2.75) is 50.6 Å². The molecule has 5 aromatic rings. The molecule has 2 saturated heterocycles. The van der Waals surface area contributed by atoms with Gasteiger partial charge in [-0.05, 0) is 74.6 Å². The molecule has 1 aromatic carbocycles. The summed E-state index contributed by atoms with van der Waals surface area (Å²) >= 11 is 0. The van der Waals surface area contributed by atoms with Gasteiger partial charge in [0.25, 0.3) is 0 Å². The standard InChI is InChI=1S/C27H26N8O/c1-16-10-18(4-7-24(16)36-21-8-9-35-25(13-21)29-15-31-35)33-27-26-23(28-14-30-27)6-5-22(34-26)17-11-19-2-3-20(12-17)32-19/h4-10,13-15,17,19-20,32H,2-3,11-12H2,1H3,(H,28,30,33). The number of aromatic nitrogens is 6. The van der Waals surface area contributed by atoms with Gasteiger partial charge in [0.2, 0.25) is 0 Å². The Morgan fingerprint density at radius 1 is 0.972 bits per heavy atom. The van der Waals surface area contributed by atoms with Crippen LogP contribution in [0.15, 0.2) is 61.3 Å². The third-order valence-electron chi connectivity index (χ3n) is 7.31. The first-order chi connectivity index (χ1) is 17.7. The van der Waals surface area contributed by atoms with Gasteiger partial charge in [0.15, 0.2) is 11.5 Å². The Balaban J connectivity index is 1.14. The SMILES string of the molecule is Cc1cc(Nc2ncnc3ccc(C4CC5CCC(C4)N5)nc23)ccc1Oc1ccn2ncnc2c1. The molecule has 2 unspecified atom stereocenters. The average molecular weight is 479 g/mol. The van der Waals surface area contributed by atoms with E-state index < -0.39 is 0 Å². The number of hydrogen-bond donors (Lipinski definition) is 2. The van der Waals surface area contributed by atoms with Crippen LogP contribution in [0.4, 0.5) is 11.5 Å². The van der Waals surface area contributed by atoms with E-state index in [2.05, 4.69) is 42.8 Å². The van der Waals surface area contributed by atoms with Gasteiger partial charge in [0.1, 0.15) is 29.7 Å². The van der Waals surface area contributed by atoms with Crippen LogP contribution in [0.25, 0.3) is 16.7 Å². The molecule has 2 N–H and O–H groups in total. The lowest BCUT2D eigenvalue weighted by Gasteiger charge is -2.28. The zero-order valence-electron chi connectivity index (χ0n) is 19.9. The highest BCUT2D eigenvalue weighted by Gasteiger charge is 2.34. The average Bonchev–Trinajstić information content (AvgIpc) is 3.50. The van der Waals surface area contributed by atoms with Crippen LogP contribution in [0, 0.1) is 6.92 Å². The molecule has 7 rings (SSSR count). The lowest BCUT2D eigenvalue weighted by Crippen LogP contribution is -2.37. The lowest BCUT2D eigenvalue weighted by molar-refractivity contribution is 0.359. The Labute approximate surface area is 208 Å². The summed E-state index contributed by atoms with van der Waals surface area (Å²) in [5, 5.41) is 11.3. The summed E-state index contributed by atoms with van der Waals surface area (Å²) in [6.45, 7) is 2.02. The second-order valence-electron chi connectivity index (χ2n) is 9.76. The molecule has 0 aliphatic carbocycles. The van der Waals surface area contributed by atoms with Crippen LogP contribution in [-0.2, 0) is 0 Å². The molecule has 0 saturated carbocycles. The van der Waals surface area contributed by atoms with E-state index in [1.807, 2.05) is 43.5 Å². The van der Waals surface area contributed by atoms with E-state index in [9.17, 15) is 0 Å². The minimum atomic E-state index is 0.483. The van der Waals surface area contributed by atoms with Gasteiger partial charge < -0.3 is 15.4 Å². The highest BCUT2D eigenvalue weighted by Crippen LogP contribution is 2.37. The second-order valence-corrected chi connectivity index (χ2v) is 9.76. The molecule has 2 atom stereocenters.